The summed E-state index contributed by atoms with van der Waals surface area (Å²) in [5, 5.41) is 6.48. The third kappa shape index (κ3) is 2.43. The van der Waals surface area contributed by atoms with Crippen molar-refractivity contribution in [1.29, 1.82) is 0 Å². The van der Waals surface area contributed by atoms with Crippen LogP contribution in [0.2, 0.25) is 0 Å². The molecule has 3 rings (SSSR count). The number of nitrogens with one attached hydrogen (secondary N) is 1. The number of thiazole rings is 1. The fourth-order valence-corrected chi connectivity index (χ4v) is 2.97. The van der Waals surface area contributed by atoms with Crippen molar-refractivity contribution in [3.05, 3.63) is 29.3 Å². The molecule has 1 atom stereocenters. The molecular weight excluding hydrogens is 260 g/mol. The van der Waals surface area contributed by atoms with Gasteiger partial charge < -0.3 is 14.8 Å². The number of fused-ring (bicyclic) bond motifs is 1. The summed E-state index contributed by atoms with van der Waals surface area (Å²) in [4.78, 5) is 4.68. The van der Waals surface area contributed by atoms with Crippen molar-refractivity contribution in [3.63, 3.8) is 0 Å². The second kappa shape index (κ2) is 5.19. The lowest BCUT2D eigenvalue weighted by Crippen LogP contribution is -2.17. The minimum absolute atomic E-state index is 0.281. The molecule has 100 valence electrons. The van der Waals surface area contributed by atoms with Gasteiger partial charge in [0.15, 0.2) is 11.5 Å². The highest BCUT2D eigenvalue weighted by atomic mass is 32.1. The predicted octanol–water partition coefficient (Wildman–Crippen LogP) is 3.21. The van der Waals surface area contributed by atoms with Crippen LogP contribution >= 0.6 is 11.3 Å². The number of ether oxygens (including phenoxy) is 2. The third-order valence-corrected chi connectivity index (χ3v) is 4.01. The van der Waals surface area contributed by atoms with Gasteiger partial charge in [-0.1, -0.05) is 6.92 Å². The molecule has 19 heavy (non-hydrogen) atoms. The lowest BCUT2D eigenvalue weighted by atomic mass is 10.2. The Morgan fingerprint density at radius 1 is 1.37 bits per heavy atom. The van der Waals surface area contributed by atoms with E-state index in [2.05, 4.69) is 29.5 Å². The van der Waals surface area contributed by atoms with Crippen LogP contribution in [0.1, 0.15) is 25.6 Å². The monoisotopic (exact) mass is 276 g/mol. The zero-order valence-corrected chi connectivity index (χ0v) is 11.8. The first-order valence-electron chi connectivity index (χ1n) is 6.36. The van der Waals surface area contributed by atoms with Gasteiger partial charge in [0.05, 0.1) is 5.69 Å². The minimum Gasteiger partial charge on any atom is -0.454 e. The Labute approximate surface area is 116 Å². The second-order valence-corrected chi connectivity index (χ2v) is 5.28. The van der Waals surface area contributed by atoms with Crippen LogP contribution < -0.4 is 14.8 Å². The first kappa shape index (κ1) is 12.4. The maximum atomic E-state index is 5.40. The van der Waals surface area contributed by atoms with Gasteiger partial charge in [-0.05, 0) is 31.7 Å². The molecule has 4 nitrogen and oxygen atoms in total. The summed E-state index contributed by atoms with van der Waals surface area (Å²) < 4.78 is 10.7. The SMILES string of the molecule is CCNC(C)c1csc(-c2ccc3c(c2)OCO3)n1. The number of nitrogens with zero attached hydrogens (tertiary/aromatic N) is 1. The van der Waals surface area contributed by atoms with Gasteiger partial charge in [0.2, 0.25) is 6.79 Å². The molecule has 0 spiro atoms. The molecule has 0 aliphatic carbocycles. The summed E-state index contributed by atoms with van der Waals surface area (Å²) in [5.41, 5.74) is 2.16. The van der Waals surface area contributed by atoms with Gasteiger partial charge >= 0.3 is 0 Å². The number of rotatable bonds is 4. The van der Waals surface area contributed by atoms with Crippen LogP contribution in [-0.2, 0) is 0 Å². The Hall–Kier alpha value is -1.59. The highest BCUT2D eigenvalue weighted by Crippen LogP contribution is 2.37. The lowest BCUT2D eigenvalue weighted by molar-refractivity contribution is 0.174. The maximum absolute atomic E-state index is 5.40. The Morgan fingerprint density at radius 2 is 2.21 bits per heavy atom. The van der Waals surface area contributed by atoms with E-state index in [0.29, 0.717) is 6.79 Å². The molecule has 0 amide bonds. The topological polar surface area (TPSA) is 43.4 Å². The van der Waals surface area contributed by atoms with Gasteiger partial charge in [0, 0.05) is 17.0 Å². The minimum atomic E-state index is 0.281. The van der Waals surface area contributed by atoms with Crippen molar-refractivity contribution < 1.29 is 9.47 Å². The van der Waals surface area contributed by atoms with E-state index < -0.39 is 0 Å². The van der Waals surface area contributed by atoms with Crippen LogP contribution in [0.5, 0.6) is 11.5 Å². The predicted molar refractivity (Wildman–Crippen MR) is 75.8 cm³/mol. The fraction of sp³-hybridized carbons (Fsp3) is 0.357. The summed E-state index contributed by atoms with van der Waals surface area (Å²) >= 11 is 1.65. The summed E-state index contributed by atoms with van der Waals surface area (Å²) in [6.07, 6.45) is 0. The Balaban J connectivity index is 1.86. The average molecular weight is 276 g/mol. The van der Waals surface area contributed by atoms with Gasteiger partial charge in [-0.2, -0.15) is 0 Å². The molecule has 0 radical (unpaired) electrons. The largest absolute Gasteiger partial charge is 0.454 e. The van der Waals surface area contributed by atoms with Crippen molar-refractivity contribution in [2.75, 3.05) is 13.3 Å². The van der Waals surface area contributed by atoms with Crippen LogP contribution in [0.15, 0.2) is 23.6 Å². The van der Waals surface area contributed by atoms with E-state index in [1.54, 1.807) is 11.3 Å². The quantitative estimate of drug-likeness (QED) is 0.931. The molecule has 0 fully saturated rings. The second-order valence-electron chi connectivity index (χ2n) is 4.42. The van der Waals surface area contributed by atoms with Gasteiger partial charge in [-0.15, -0.1) is 11.3 Å². The number of aromatic nitrogens is 1. The first-order valence-corrected chi connectivity index (χ1v) is 7.24. The van der Waals surface area contributed by atoms with Crippen molar-refractivity contribution in [2.24, 2.45) is 0 Å². The maximum Gasteiger partial charge on any atom is 0.231 e. The first-order chi connectivity index (χ1) is 9.28. The smallest absolute Gasteiger partial charge is 0.231 e. The molecule has 1 unspecified atom stereocenters. The third-order valence-electron chi connectivity index (χ3n) is 3.10. The lowest BCUT2D eigenvalue weighted by Gasteiger charge is -2.08. The molecule has 0 saturated carbocycles. The summed E-state index contributed by atoms with van der Waals surface area (Å²) in [6.45, 7) is 5.47. The van der Waals surface area contributed by atoms with Crippen molar-refractivity contribution in [1.82, 2.24) is 10.3 Å². The van der Waals surface area contributed by atoms with E-state index in [0.717, 1.165) is 34.3 Å². The van der Waals surface area contributed by atoms with E-state index in [1.807, 2.05) is 18.2 Å². The summed E-state index contributed by atoms with van der Waals surface area (Å²) in [6, 6.07) is 6.23. The highest BCUT2D eigenvalue weighted by Gasteiger charge is 2.16. The van der Waals surface area contributed by atoms with Gasteiger partial charge in [-0.25, -0.2) is 4.98 Å². The zero-order chi connectivity index (χ0) is 13.2. The Bertz CT molecular complexity index is 583. The number of benzene rings is 1. The molecule has 1 N–H and O–H groups in total. The van der Waals surface area contributed by atoms with Gasteiger partial charge in [-0.3, -0.25) is 0 Å². The zero-order valence-electron chi connectivity index (χ0n) is 11.0. The van der Waals surface area contributed by atoms with Gasteiger partial charge in [0.25, 0.3) is 0 Å². The summed E-state index contributed by atoms with van der Waals surface area (Å²) in [7, 11) is 0. The molecule has 1 aromatic heterocycles. The molecular formula is C14H16N2O2S. The molecule has 1 aromatic carbocycles. The van der Waals surface area contributed by atoms with E-state index in [-0.39, 0.29) is 6.04 Å². The molecule has 2 aromatic rings. The highest BCUT2D eigenvalue weighted by molar-refractivity contribution is 7.13. The van der Waals surface area contributed by atoms with Crippen LogP contribution in [0.4, 0.5) is 0 Å². The van der Waals surface area contributed by atoms with E-state index in [9.17, 15) is 0 Å². The van der Waals surface area contributed by atoms with Crippen LogP contribution in [0.3, 0.4) is 0 Å². The summed E-state index contributed by atoms with van der Waals surface area (Å²) in [5.74, 6) is 1.61. The Kier molecular flexibility index (Phi) is 3.40. The van der Waals surface area contributed by atoms with E-state index in [1.165, 1.54) is 0 Å². The fourth-order valence-electron chi connectivity index (χ4n) is 2.06. The standard InChI is InChI=1S/C14H16N2O2S/c1-3-15-9(2)11-7-19-14(16-11)10-4-5-12-13(6-10)18-8-17-12/h4-7,9,15H,3,8H2,1-2H3. The van der Waals surface area contributed by atoms with Crippen LogP contribution in [-0.4, -0.2) is 18.3 Å². The average Bonchev–Trinajstić information content (AvgIpc) is 3.07. The van der Waals surface area contributed by atoms with Crippen molar-refractivity contribution in [3.8, 4) is 22.1 Å². The van der Waals surface area contributed by atoms with E-state index in [4.69, 9.17) is 9.47 Å². The number of hydrogen-bond acceptors (Lipinski definition) is 5. The van der Waals surface area contributed by atoms with Crippen LogP contribution in [0.25, 0.3) is 10.6 Å². The van der Waals surface area contributed by atoms with Gasteiger partial charge in [0.1, 0.15) is 5.01 Å². The van der Waals surface area contributed by atoms with Crippen LogP contribution in [0, 0.1) is 0 Å². The number of hydrogen-bond donors (Lipinski definition) is 1. The Morgan fingerprint density at radius 3 is 3.05 bits per heavy atom. The molecule has 1 aliphatic rings. The molecule has 2 heterocycles. The normalized spacial score (nSPS) is 14.6. The van der Waals surface area contributed by atoms with Crippen molar-refractivity contribution >= 4 is 11.3 Å². The van der Waals surface area contributed by atoms with E-state index >= 15 is 0 Å². The molecule has 0 bridgehead atoms. The molecule has 1 aliphatic heterocycles. The molecule has 5 heteroatoms. The molecule has 0 saturated heterocycles. The van der Waals surface area contributed by atoms with Crippen molar-refractivity contribution in [2.45, 2.75) is 19.9 Å².